The lowest BCUT2D eigenvalue weighted by Gasteiger charge is -2.22. The van der Waals surface area contributed by atoms with Crippen LogP contribution in [0.2, 0.25) is 0 Å². The number of fused-ring (bicyclic) bond motifs is 1. The molecule has 0 unspecified atom stereocenters. The molecule has 0 saturated heterocycles. The van der Waals surface area contributed by atoms with Crippen LogP contribution in [0.1, 0.15) is 48.1 Å². The fourth-order valence-corrected chi connectivity index (χ4v) is 4.95. The van der Waals surface area contributed by atoms with Crippen molar-refractivity contribution in [2.24, 2.45) is 5.10 Å². The van der Waals surface area contributed by atoms with E-state index < -0.39 is 0 Å². The van der Waals surface area contributed by atoms with Crippen LogP contribution >= 0.6 is 0 Å². The number of aromatic nitrogens is 3. The number of nitrogens with zero attached hydrogens (tertiary/aromatic N) is 5. The number of rotatable bonds is 5. The van der Waals surface area contributed by atoms with Gasteiger partial charge in [-0.2, -0.15) is 10.2 Å². The number of nitrogens with one attached hydrogen (secondary N) is 1. The summed E-state index contributed by atoms with van der Waals surface area (Å²) in [5.41, 5.74) is 7.62. The van der Waals surface area contributed by atoms with E-state index >= 15 is 0 Å². The molecule has 1 saturated carbocycles. The Labute approximate surface area is 222 Å². The first-order valence-corrected chi connectivity index (χ1v) is 12.9. The molecule has 192 valence electrons. The van der Waals surface area contributed by atoms with Gasteiger partial charge in [0.05, 0.1) is 41.6 Å². The quantitative estimate of drug-likeness (QED) is 0.405. The molecular formula is C30H30N6O2. The van der Waals surface area contributed by atoms with Crippen molar-refractivity contribution < 1.29 is 9.53 Å². The van der Waals surface area contributed by atoms with Crippen molar-refractivity contribution in [1.29, 1.82) is 0 Å². The zero-order chi connectivity index (χ0) is 26.2. The molecule has 0 spiro atoms. The minimum absolute atomic E-state index is 0.107. The van der Waals surface area contributed by atoms with Crippen LogP contribution in [0.15, 0.2) is 78.0 Å². The van der Waals surface area contributed by atoms with Gasteiger partial charge in [0.2, 0.25) is 0 Å². The van der Waals surface area contributed by atoms with Gasteiger partial charge < -0.3 is 10.1 Å². The molecule has 1 fully saturated rings. The van der Waals surface area contributed by atoms with Gasteiger partial charge >= 0.3 is 6.03 Å². The maximum Gasteiger partial charge on any atom is 0.337 e. The summed E-state index contributed by atoms with van der Waals surface area (Å²) in [4.78, 5) is 17.3. The third-order valence-electron chi connectivity index (χ3n) is 7.17. The number of benzene rings is 2. The number of urea groups is 1. The molecule has 1 N–H and O–H groups in total. The van der Waals surface area contributed by atoms with Gasteiger partial charge in [-0.3, -0.25) is 4.98 Å². The van der Waals surface area contributed by atoms with E-state index in [0.717, 1.165) is 50.9 Å². The van der Waals surface area contributed by atoms with E-state index in [4.69, 9.17) is 14.9 Å². The van der Waals surface area contributed by atoms with Crippen molar-refractivity contribution in [3.05, 3.63) is 95.3 Å². The Morgan fingerprint density at radius 1 is 1.05 bits per heavy atom. The first kappa shape index (κ1) is 23.9. The van der Waals surface area contributed by atoms with E-state index in [2.05, 4.69) is 22.4 Å². The van der Waals surface area contributed by atoms with E-state index in [-0.39, 0.29) is 12.1 Å². The Morgan fingerprint density at radius 2 is 1.87 bits per heavy atom. The molecular weight excluding hydrogens is 476 g/mol. The van der Waals surface area contributed by atoms with Gasteiger partial charge in [-0.15, -0.1) is 0 Å². The van der Waals surface area contributed by atoms with E-state index in [1.807, 2.05) is 72.4 Å². The summed E-state index contributed by atoms with van der Waals surface area (Å²) >= 11 is 0. The predicted molar refractivity (Wildman–Crippen MR) is 147 cm³/mol. The third kappa shape index (κ3) is 4.42. The highest BCUT2D eigenvalue weighted by molar-refractivity contribution is 6.14. The molecule has 1 atom stereocenters. The van der Waals surface area contributed by atoms with Crippen LogP contribution < -0.4 is 10.1 Å². The van der Waals surface area contributed by atoms with E-state index in [0.29, 0.717) is 12.3 Å². The van der Waals surface area contributed by atoms with Crippen LogP contribution in [0.3, 0.4) is 0 Å². The summed E-state index contributed by atoms with van der Waals surface area (Å²) in [5, 5.41) is 14.1. The van der Waals surface area contributed by atoms with Crippen LogP contribution in [-0.4, -0.2) is 51.7 Å². The molecule has 3 heterocycles. The van der Waals surface area contributed by atoms with E-state index in [1.54, 1.807) is 14.2 Å². The highest BCUT2D eigenvalue weighted by Gasteiger charge is 2.29. The zero-order valence-corrected chi connectivity index (χ0v) is 21.8. The van der Waals surface area contributed by atoms with Crippen molar-refractivity contribution in [1.82, 2.24) is 25.1 Å². The molecule has 4 aromatic rings. The highest BCUT2D eigenvalue weighted by atomic mass is 16.5. The standard InChI is InChI=1S/C30H30N6O2/c1-19-16-22-11-14-24(38-3)17-25(22)29(34-35(19)30(37)31-2)21-9-12-23(13-10-21)36-28(26-6-4-5-15-32-26)18-27(33-36)20-7-8-20/h4-6,9-15,17-20H,7-8,16H2,1-3H3,(H,31,37)/t19-/m0/s1. The van der Waals surface area contributed by atoms with Gasteiger partial charge in [-0.1, -0.05) is 24.3 Å². The monoisotopic (exact) mass is 506 g/mol. The number of hydrazone groups is 1. The molecule has 1 aliphatic heterocycles. The lowest BCUT2D eigenvalue weighted by atomic mass is 9.94. The fraction of sp³-hybridized carbons (Fsp3) is 0.267. The van der Waals surface area contributed by atoms with Gasteiger partial charge in [0.25, 0.3) is 0 Å². The Kier molecular flexibility index (Phi) is 6.15. The fourth-order valence-electron chi connectivity index (χ4n) is 4.95. The van der Waals surface area contributed by atoms with Gasteiger partial charge in [-0.05, 0) is 74.2 Å². The smallest absolute Gasteiger partial charge is 0.337 e. The lowest BCUT2D eigenvalue weighted by Crippen LogP contribution is -2.41. The molecule has 1 aliphatic carbocycles. The van der Waals surface area contributed by atoms with Crippen molar-refractivity contribution in [3.63, 3.8) is 0 Å². The normalized spacial score (nSPS) is 16.9. The zero-order valence-electron chi connectivity index (χ0n) is 21.8. The number of pyridine rings is 1. The first-order valence-electron chi connectivity index (χ1n) is 12.9. The maximum absolute atomic E-state index is 12.7. The van der Waals surface area contributed by atoms with Crippen molar-refractivity contribution in [2.75, 3.05) is 14.2 Å². The topological polar surface area (TPSA) is 84.6 Å². The second-order valence-electron chi connectivity index (χ2n) is 9.83. The summed E-state index contributed by atoms with van der Waals surface area (Å²) in [6.07, 6.45) is 4.85. The van der Waals surface area contributed by atoms with Crippen LogP contribution in [0.25, 0.3) is 17.1 Å². The van der Waals surface area contributed by atoms with Gasteiger partial charge in [0.15, 0.2) is 0 Å². The van der Waals surface area contributed by atoms with E-state index in [9.17, 15) is 4.79 Å². The summed E-state index contributed by atoms with van der Waals surface area (Å²) in [5.74, 6) is 1.28. The lowest BCUT2D eigenvalue weighted by molar-refractivity contribution is 0.184. The van der Waals surface area contributed by atoms with Gasteiger partial charge in [-0.25, -0.2) is 14.5 Å². The molecule has 38 heavy (non-hydrogen) atoms. The predicted octanol–water partition coefficient (Wildman–Crippen LogP) is 5.16. The van der Waals surface area contributed by atoms with Gasteiger partial charge in [0, 0.05) is 30.3 Å². The van der Waals surface area contributed by atoms with Crippen molar-refractivity contribution in [2.45, 2.75) is 38.1 Å². The van der Waals surface area contributed by atoms with E-state index in [1.165, 1.54) is 17.9 Å². The largest absolute Gasteiger partial charge is 0.497 e. The number of hydrogen-bond donors (Lipinski definition) is 1. The molecule has 6 rings (SSSR count). The average molecular weight is 507 g/mol. The Hall–Kier alpha value is -4.46. The molecule has 2 amide bonds. The van der Waals surface area contributed by atoms with Crippen molar-refractivity contribution >= 4 is 11.7 Å². The number of hydrogen-bond acceptors (Lipinski definition) is 5. The molecule has 0 radical (unpaired) electrons. The Balaban J connectivity index is 1.44. The summed E-state index contributed by atoms with van der Waals surface area (Å²) < 4.78 is 7.50. The number of ether oxygens (including phenoxy) is 1. The Morgan fingerprint density at radius 3 is 2.55 bits per heavy atom. The van der Waals surface area contributed by atoms with Crippen LogP contribution in [0.4, 0.5) is 4.79 Å². The minimum Gasteiger partial charge on any atom is -0.497 e. The number of carbonyl (C=O) groups excluding carboxylic acids is 1. The molecule has 8 heteroatoms. The summed E-state index contributed by atoms with van der Waals surface area (Å²) in [7, 11) is 3.28. The van der Waals surface area contributed by atoms with Crippen LogP contribution in [0.5, 0.6) is 5.75 Å². The van der Waals surface area contributed by atoms with Crippen molar-refractivity contribution in [3.8, 4) is 22.8 Å². The molecule has 2 aliphatic rings. The number of amides is 2. The molecule has 0 bridgehead atoms. The number of methoxy groups -OCH3 is 1. The highest BCUT2D eigenvalue weighted by Crippen LogP contribution is 2.41. The minimum atomic E-state index is -0.240. The molecule has 8 nitrogen and oxygen atoms in total. The van der Waals surface area contributed by atoms with Crippen LogP contribution in [0, 0.1) is 0 Å². The maximum atomic E-state index is 12.7. The molecule has 2 aromatic carbocycles. The third-order valence-corrected chi connectivity index (χ3v) is 7.17. The SMILES string of the molecule is CNC(=O)N1N=C(c2ccc(-n3nc(C4CC4)cc3-c3ccccn3)cc2)c2cc(OC)ccc2C[C@@H]1C. The summed E-state index contributed by atoms with van der Waals surface area (Å²) in [6.45, 7) is 2.01. The summed E-state index contributed by atoms with van der Waals surface area (Å²) in [6, 6.07) is 21.9. The van der Waals surface area contributed by atoms with Crippen LogP contribution in [-0.2, 0) is 6.42 Å². The average Bonchev–Trinajstić information content (AvgIpc) is 3.74. The Bertz CT molecular complexity index is 1510. The number of carbonyl (C=O) groups is 1. The first-order chi connectivity index (χ1) is 18.6. The molecule has 2 aromatic heterocycles. The second-order valence-corrected chi connectivity index (χ2v) is 9.83. The second kappa shape index (κ2) is 9.78. The van der Waals surface area contributed by atoms with Gasteiger partial charge in [0.1, 0.15) is 5.75 Å².